The van der Waals surface area contributed by atoms with E-state index in [4.69, 9.17) is 0 Å². The van der Waals surface area contributed by atoms with Gasteiger partial charge in [-0.25, -0.2) is 0 Å². The quantitative estimate of drug-likeness (QED) is 0.872. The molecule has 1 aromatic rings. The fraction of sp³-hybridized carbons (Fsp3) is 0.667. The molecule has 1 fully saturated rings. The molecule has 0 bridgehead atoms. The number of carbonyl (C=O) groups excluding carboxylic acids is 1. The van der Waals surface area contributed by atoms with Crippen molar-refractivity contribution >= 4 is 17.2 Å². The van der Waals surface area contributed by atoms with E-state index in [2.05, 4.69) is 23.6 Å². The Morgan fingerprint density at radius 2 is 2.37 bits per heavy atom. The second-order valence-electron chi connectivity index (χ2n) is 5.92. The summed E-state index contributed by atoms with van der Waals surface area (Å²) in [6, 6.07) is 2.43. The van der Waals surface area contributed by atoms with E-state index in [-0.39, 0.29) is 5.91 Å². The highest BCUT2D eigenvalue weighted by molar-refractivity contribution is 7.14. The Bertz CT molecular complexity index is 463. The summed E-state index contributed by atoms with van der Waals surface area (Å²) in [6.07, 6.45) is 5.81. The van der Waals surface area contributed by atoms with Crippen molar-refractivity contribution < 1.29 is 4.79 Å². The van der Waals surface area contributed by atoms with Crippen LogP contribution in [0.25, 0.3) is 0 Å². The molecule has 2 N–H and O–H groups in total. The average Bonchev–Trinajstić information content (AvgIpc) is 2.83. The number of amides is 1. The van der Waals surface area contributed by atoms with Crippen molar-refractivity contribution in [1.29, 1.82) is 0 Å². The molecular weight excluding hydrogens is 256 g/mol. The second-order valence-corrected chi connectivity index (χ2v) is 7.06. The highest BCUT2D eigenvalue weighted by atomic mass is 32.1. The SMILES string of the molecule is CC1CCc2sc(C(=O)N[C@H]3CCCNC3)cc2C1. The minimum atomic E-state index is 0.126. The topological polar surface area (TPSA) is 41.1 Å². The summed E-state index contributed by atoms with van der Waals surface area (Å²) < 4.78 is 0. The van der Waals surface area contributed by atoms with Crippen LogP contribution in [0.5, 0.6) is 0 Å². The van der Waals surface area contributed by atoms with E-state index in [1.54, 1.807) is 11.3 Å². The summed E-state index contributed by atoms with van der Waals surface area (Å²) in [5, 5.41) is 6.50. The Hall–Kier alpha value is -0.870. The molecule has 0 aromatic carbocycles. The van der Waals surface area contributed by atoms with E-state index in [0.29, 0.717) is 6.04 Å². The number of thiophene rings is 1. The third-order valence-electron chi connectivity index (χ3n) is 4.19. The normalized spacial score (nSPS) is 26.8. The second kappa shape index (κ2) is 5.63. The third kappa shape index (κ3) is 3.00. The Labute approximate surface area is 118 Å². The first-order valence-electron chi connectivity index (χ1n) is 7.35. The van der Waals surface area contributed by atoms with Crippen LogP contribution in [0.1, 0.15) is 46.3 Å². The van der Waals surface area contributed by atoms with E-state index in [9.17, 15) is 4.79 Å². The van der Waals surface area contributed by atoms with Crippen molar-refractivity contribution in [2.45, 2.75) is 45.1 Å². The molecule has 1 saturated heterocycles. The van der Waals surface area contributed by atoms with E-state index in [0.717, 1.165) is 49.6 Å². The molecule has 1 amide bonds. The molecule has 0 saturated carbocycles. The summed E-state index contributed by atoms with van der Waals surface area (Å²) in [7, 11) is 0. The maximum Gasteiger partial charge on any atom is 0.261 e. The molecule has 19 heavy (non-hydrogen) atoms. The molecule has 4 heteroatoms. The first kappa shape index (κ1) is 13.1. The summed E-state index contributed by atoms with van der Waals surface area (Å²) >= 11 is 1.70. The van der Waals surface area contributed by atoms with Crippen molar-refractivity contribution in [1.82, 2.24) is 10.6 Å². The molecule has 1 aromatic heterocycles. The van der Waals surface area contributed by atoms with Gasteiger partial charge in [0.25, 0.3) is 5.91 Å². The molecule has 1 unspecified atom stereocenters. The maximum absolute atomic E-state index is 12.3. The van der Waals surface area contributed by atoms with Crippen LogP contribution in [-0.2, 0) is 12.8 Å². The predicted molar refractivity (Wildman–Crippen MR) is 78.9 cm³/mol. The zero-order valence-electron chi connectivity index (χ0n) is 11.5. The Balaban J connectivity index is 1.66. The van der Waals surface area contributed by atoms with Gasteiger partial charge in [-0.3, -0.25) is 4.79 Å². The zero-order chi connectivity index (χ0) is 13.2. The Kier molecular flexibility index (Phi) is 3.89. The summed E-state index contributed by atoms with van der Waals surface area (Å²) in [5.41, 5.74) is 1.41. The van der Waals surface area contributed by atoms with Gasteiger partial charge in [0, 0.05) is 17.5 Å². The van der Waals surface area contributed by atoms with Crippen LogP contribution in [0, 0.1) is 5.92 Å². The number of fused-ring (bicyclic) bond motifs is 1. The van der Waals surface area contributed by atoms with Crippen LogP contribution in [-0.4, -0.2) is 25.0 Å². The maximum atomic E-state index is 12.3. The molecule has 0 radical (unpaired) electrons. The third-order valence-corrected chi connectivity index (χ3v) is 5.42. The number of hydrogen-bond donors (Lipinski definition) is 2. The first-order valence-corrected chi connectivity index (χ1v) is 8.17. The van der Waals surface area contributed by atoms with Gasteiger partial charge in [-0.05, 0) is 56.2 Å². The fourth-order valence-electron chi connectivity index (χ4n) is 3.05. The lowest BCUT2D eigenvalue weighted by molar-refractivity contribution is 0.0934. The molecule has 104 valence electrons. The lowest BCUT2D eigenvalue weighted by atomic mass is 9.90. The number of nitrogens with one attached hydrogen (secondary N) is 2. The number of aryl methyl sites for hydroxylation is 1. The van der Waals surface area contributed by atoms with Gasteiger partial charge in [0.2, 0.25) is 0 Å². The Morgan fingerprint density at radius 3 is 3.16 bits per heavy atom. The van der Waals surface area contributed by atoms with Gasteiger partial charge in [0.1, 0.15) is 0 Å². The number of piperidine rings is 1. The summed E-state index contributed by atoms with van der Waals surface area (Å²) in [5.74, 6) is 0.890. The fourth-order valence-corrected chi connectivity index (χ4v) is 4.16. The molecule has 1 aliphatic heterocycles. The van der Waals surface area contributed by atoms with Crippen LogP contribution in [0.4, 0.5) is 0 Å². The van der Waals surface area contributed by atoms with Crippen LogP contribution < -0.4 is 10.6 Å². The smallest absolute Gasteiger partial charge is 0.261 e. The van der Waals surface area contributed by atoms with Crippen molar-refractivity contribution in [2.24, 2.45) is 5.92 Å². The minimum Gasteiger partial charge on any atom is -0.347 e. The van der Waals surface area contributed by atoms with Crippen molar-refractivity contribution in [2.75, 3.05) is 13.1 Å². The number of rotatable bonds is 2. The molecule has 0 spiro atoms. The van der Waals surface area contributed by atoms with Gasteiger partial charge < -0.3 is 10.6 Å². The largest absolute Gasteiger partial charge is 0.347 e. The standard InChI is InChI=1S/C15H22N2OS/c1-10-4-5-13-11(7-10)8-14(19-13)15(18)17-12-3-2-6-16-9-12/h8,10,12,16H,2-7,9H2,1H3,(H,17,18)/t10?,12-/m0/s1. The minimum absolute atomic E-state index is 0.126. The molecule has 3 rings (SSSR count). The van der Waals surface area contributed by atoms with Gasteiger partial charge in [-0.1, -0.05) is 6.92 Å². The van der Waals surface area contributed by atoms with Crippen molar-refractivity contribution in [3.63, 3.8) is 0 Å². The monoisotopic (exact) mass is 278 g/mol. The van der Waals surface area contributed by atoms with Crippen LogP contribution in [0.2, 0.25) is 0 Å². The Morgan fingerprint density at radius 1 is 1.47 bits per heavy atom. The summed E-state index contributed by atoms with van der Waals surface area (Å²) in [6.45, 7) is 4.29. The molecule has 2 heterocycles. The number of carbonyl (C=O) groups is 1. The zero-order valence-corrected chi connectivity index (χ0v) is 12.3. The van der Waals surface area contributed by atoms with Gasteiger partial charge in [-0.2, -0.15) is 0 Å². The molecule has 3 nitrogen and oxygen atoms in total. The van der Waals surface area contributed by atoms with Gasteiger partial charge in [-0.15, -0.1) is 11.3 Å². The molecule has 2 atom stereocenters. The van der Waals surface area contributed by atoms with Crippen LogP contribution in [0.3, 0.4) is 0 Å². The van der Waals surface area contributed by atoms with Gasteiger partial charge >= 0.3 is 0 Å². The van der Waals surface area contributed by atoms with E-state index < -0.39 is 0 Å². The van der Waals surface area contributed by atoms with Crippen molar-refractivity contribution in [3.8, 4) is 0 Å². The lowest BCUT2D eigenvalue weighted by Gasteiger charge is -2.23. The van der Waals surface area contributed by atoms with Crippen LogP contribution in [0.15, 0.2) is 6.07 Å². The highest BCUT2D eigenvalue weighted by Gasteiger charge is 2.22. The van der Waals surface area contributed by atoms with Crippen LogP contribution >= 0.6 is 11.3 Å². The molecule has 2 aliphatic rings. The predicted octanol–water partition coefficient (Wildman–Crippen LogP) is 2.35. The number of hydrogen-bond acceptors (Lipinski definition) is 3. The van der Waals surface area contributed by atoms with Crippen molar-refractivity contribution in [3.05, 3.63) is 21.4 Å². The molecular formula is C15H22N2OS. The van der Waals surface area contributed by atoms with Gasteiger partial charge in [0.15, 0.2) is 0 Å². The average molecular weight is 278 g/mol. The van der Waals surface area contributed by atoms with E-state index in [1.807, 2.05) is 0 Å². The summed E-state index contributed by atoms with van der Waals surface area (Å²) in [4.78, 5) is 14.6. The lowest BCUT2D eigenvalue weighted by Crippen LogP contribution is -2.45. The van der Waals surface area contributed by atoms with E-state index >= 15 is 0 Å². The first-order chi connectivity index (χ1) is 9.22. The molecule has 1 aliphatic carbocycles. The van der Waals surface area contributed by atoms with Gasteiger partial charge in [0.05, 0.1) is 4.88 Å². The highest BCUT2D eigenvalue weighted by Crippen LogP contribution is 2.32. The van der Waals surface area contributed by atoms with E-state index in [1.165, 1.54) is 16.9 Å².